The van der Waals surface area contributed by atoms with E-state index in [4.69, 9.17) is 16.7 Å². The highest BCUT2D eigenvalue weighted by molar-refractivity contribution is 6.30. The van der Waals surface area contributed by atoms with Crippen molar-refractivity contribution in [2.75, 3.05) is 0 Å². The maximum Gasteiger partial charge on any atom is 0.332 e. The van der Waals surface area contributed by atoms with Crippen LogP contribution in [0, 0.1) is 0 Å². The molecule has 0 aliphatic heterocycles. The van der Waals surface area contributed by atoms with Gasteiger partial charge in [0.2, 0.25) is 0 Å². The van der Waals surface area contributed by atoms with E-state index < -0.39 is 24.0 Å². The van der Waals surface area contributed by atoms with Crippen molar-refractivity contribution in [1.29, 1.82) is 0 Å². The molecule has 2 unspecified atom stereocenters. The number of carboxylic acids is 1. The van der Waals surface area contributed by atoms with E-state index in [-0.39, 0.29) is 12.1 Å². The van der Waals surface area contributed by atoms with Crippen LogP contribution in [0.15, 0.2) is 79.1 Å². The second kappa shape index (κ2) is 10.9. The number of hydrogen-bond donors (Lipinski definition) is 4. The number of aliphatic carboxylic acids is 1. The molecule has 178 valence electrons. The number of pyridine rings is 1. The maximum absolute atomic E-state index is 12.9. The molecular formula is C26H23ClN4O4. The molecule has 0 bridgehead atoms. The molecule has 35 heavy (non-hydrogen) atoms. The molecule has 2 aromatic carbocycles. The van der Waals surface area contributed by atoms with Gasteiger partial charge in [0.05, 0.1) is 5.69 Å². The molecule has 2 aromatic heterocycles. The predicted octanol–water partition coefficient (Wildman–Crippen LogP) is 3.97. The van der Waals surface area contributed by atoms with E-state index in [1.54, 1.807) is 30.6 Å². The molecule has 2 heterocycles. The fourth-order valence-corrected chi connectivity index (χ4v) is 3.90. The monoisotopic (exact) mass is 490 g/mol. The number of aliphatic hydroxyl groups excluding tert-OH is 1. The summed E-state index contributed by atoms with van der Waals surface area (Å²) in [5, 5.41) is 29.4. The Kier molecular flexibility index (Phi) is 7.54. The number of aromatic amines is 1. The van der Waals surface area contributed by atoms with Crippen LogP contribution in [0.1, 0.15) is 22.5 Å². The number of amides is 1. The first-order valence-electron chi connectivity index (χ1n) is 10.9. The molecule has 0 aliphatic rings. The average Bonchev–Trinajstić information content (AvgIpc) is 3.35. The Bertz CT molecular complexity index is 1310. The molecule has 1 amide bonds. The highest BCUT2D eigenvalue weighted by atomic mass is 35.5. The lowest BCUT2D eigenvalue weighted by Crippen LogP contribution is -2.40. The van der Waals surface area contributed by atoms with Crippen molar-refractivity contribution in [3.8, 4) is 22.4 Å². The summed E-state index contributed by atoms with van der Waals surface area (Å²) in [5.41, 5.74) is 4.35. The zero-order chi connectivity index (χ0) is 24.8. The van der Waals surface area contributed by atoms with Gasteiger partial charge >= 0.3 is 5.97 Å². The van der Waals surface area contributed by atoms with Gasteiger partial charge in [-0.3, -0.25) is 14.9 Å². The maximum atomic E-state index is 12.9. The minimum atomic E-state index is -1.61. The van der Waals surface area contributed by atoms with Crippen molar-refractivity contribution in [3.05, 3.63) is 95.4 Å². The van der Waals surface area contributed by atoms with E-state index in [0.717, 1.165) is 22.3 Å². The molecule has 4 aromatic rings. The minimum absolute atomic E-state index is 0.152. The smallest absolute Gasteiger partial charge is 0.332 e. The fourth-order valence-electron chi connectivity index (χ4n) is 3.71. The number of H-pyrrole nitrogens is 1. The minimum Gasteiger partial charge on any atom is -0.479 e. The highest BCUT2D eigenvalue weighted by Crippen LogP contribution is 2.24. The summed E-state index contributed by atoms with van der Waals surface area (Å²) in [5.74, 6) is -1.80. The third-order valence-electron chi connectivity index (χ3n) is 5.50. The quantitative estimate of drug-likeness (QED) is 0.281. The molecular weight excluding hydrogens is 468 g/mol. The van der Waals surface area contributed by atoms with Crippen molar-refractivity contribution in [3.63, 3.8) is 0 Å². The number of nitrogens with one attached hydrogen (secondary N) is 2. The van der Waals surface area contributed by atoms with Gasteiger partial charge in [0.25, 0.3) is 5.91 Å². The number of rotatable bonds is 9. The number of carbonyl (C=O) groups excluding carboxylic acids is 1. The van der Waals surface area contributed by atoms with Gasteiger partial charge in [-0.1, -0.05) is 48.0 Å². The Morgan fingerprint density at radius 2 is 1.77 bits per heavy atom. The standard InChI is InChI=1S/C26H23ClN4O4/c27-20-5-1-3-18(12-20)17-8-6-16(7-9-17)11-21(13-24(32)26(34)35)29-25(33)23-14-22(30-31-23)19-4-2-10-28-15-19/h1-10,12,14-15,21,24,32H,11,13H2,(H,29,33)(H,30,31)(H,34,35). The topological polar surface area (TPSA) is 128 Å². The number of benzene rings is 2. The molecule has 0 fully saturated rings. The third kappa shape index (κ3) is 6.32. The molecule has 0 radical (unpaired) electrons. The van der Waals surface area contributed by atoms with E-state index in [1.165, 1.54) is 0 Å². The number of carboxylic acid groups (broad SMARTS) is 1. The Hall–Kier alpha value is -4.01. The molecule has 4 N–H and O–H groups in total. The van der Waals surface area contributed by atoms with Crippen LogP contribution < -0.4 is 5.32 Å². The number of hydrogen-bond acceptors (Lipinski definition) is 5. The lowest BCUT2D eigenvalue weighted by atomic mass is 9.97. The van der Waals surface area contributed by atoms with Gasteiger partial charge in [-0.15, -0.1) is 0 Å². The number of aliphatic hydroxyl groups is 1. The Morgan fingerprint density at radius 1 is 1.00 bits per heavy atom. The first-order chi connectivity index (χ1) is 16.9. The molecule has 8 nitrogen and oxygen atoms in total. The number of aromatic nitrogens is 3. The van der Waals surface area contributed by atoms with E-state index in [2.05, 4.69) is 20.5 Å². The van der Waals surface area contributed by atoms with Crippen LogP contribution in [-0.4, -0.2) is 49.4 Å². The van der Waals surface area contributed by atoms with E-state index in [9.17, 15) is 14.7 Å². The van der Waals surface area contributed by atoms with Crippen molar-refractivity contribution < 1.29 is 19.8 Å². The Balaban J connectivity index is 1.48. The summed E-state index contributed by atoms with van der Waals surface area (Å²) in [6, 6.07) is 19.7. The molecule has 0 saturated carbocycles. The van der Waals surface area contributed by atoms with Crippen LogP contribution in [0.2, 0.25) is 5.02 Å². The van der Waals surface area contributed by atoms with Crippen LogP contribution >= 0.6 is 11.6 Å². The first kappa shape index (κ1) is 24.1. The zero-order valence-corrected chi connectivity index (χ0v) is 19.3. The lowest BCUT2D eigenvalue weighted by Gasteiger charge is -2.20. The van der Waals surface area contributed by atoms with E-state index >= 15 is 0 Å². The summed E-state index contributed by atoms with van der Waals surface area (Å²) < 4.78 is 0. The van der Waals surface area contributed by atoms with Crippen LogP contribution in [0.5, 0.6) is 0 Å². The summed E-state index contributed by atoms with van der Waals surface area (Å²) in [6.45, 7) is 0. The SMILES string of the molecule is O=C(NC(Cc1ccc(-c2cccc(Cl)c2)cc1)CC(O)C(=O)O)c1cc(-c2cccnc2)n[nH]1. The molecule has 2 atom stereocenters. The Labute approximate surface area is 206 Å². The highest BCUT2D eigenvalue weighted by Gasteiger charge is 2.23. The van der Waals surface area contributed by atoms with Gasteiger partial charge in [-0.25, -0.2) is 4.79 Å². The average molecular weight is 491 g/mol. The van der Waals surface area contributed by atoms with Gasteiger partial charge in [-0.2, -0.15) is 5.10 Å². The number of carbonyl (C=O) groups is 2. The predicted molar refractivity (Wildman–Crippen MR) is 132 cm³/mol. The number of nitrogens with zero attached hydrogens (tertiary/aromatic N) is 2. The summed E-state index contributed by atoms with van der Waals surface area (Å²) in [7, 11) is 0. The normalized spacial score (nSPS) is 12.6. The molecule has 4 rings (SSSR count). The van der Waals surface area contributed by atoms with Gasteiger partial charge in [0, 0.05) is 35.4 Å². The van der Waals surface area contributed by atoms with Gasteiger partial charge < -0.3 is 15.5 Å². The van der Waals surface area contributed by atoms with E-state index in [1.807, 2.05) is 48.5 Å². The van der Waals surface area contributed by atoms with Crippen molar-refractivity contribution in [2.45, 2.75) is 25.0 Å². The van der Waals surface area contributed by atoms with Crippen LogP contribution in [-0.2, 0) is 11.2 Å². The zero-order valence-electron chi connectivity index (χ0n) is 18.6. The second-order valence-electron chi connectivity index (χ2n) is 8.08. The van der Waals surface area contributed by atoms with Gasteiger partial charge in [-0.05, 0) is 53.4 Å². The van der Waals surface area contributed by atoms with Gasteiger partial charge in [0.1, 0.15) is 5.69 Å². The fraction of sp³-hybridized carbons (Fsp3) is 0.154. The summed E-state index contributed by atoms with van der Waals surface area (Å²) in [4.78, 5) is 28.2. The first-order valence-corrected chi connectivity index (χ1v) is 11.3. The van der Waals surface area contributed by atoms with Crippen molar-refractivity contribution >= 4 is 23.5 Å². The number of halogens is 1. The van der Waals surface area contributed by atoms with Crippen LogP contribution in [0.3, 0.4) is 0 Å². The van der Waals surface area contributed by atoms with Gasteiger partial charge in [0.15, 0.2) is 6.10 Å². The summed E-state index contributed by atoms with van der Waals surface area (Å²) >= 11 is 6.08. The summed E-state index contributed by atoms with van der Waals surface area (Å²) in [6.07, 6.45) is 1.84. The van der Waals surface area contributed by atoms with E-state index in [0.29, 0.717) is 17.1 Å². The third-order valence-corrected chi connectivity index (χ3v) is 5.74. The molecule has 9 heteroatoms. The van der Waals surface area contributed by atoms with Crippen molar-refractivity contribution in [2.24, 2.45) is 0 Å². The second-order valence-corrected chi connectivity index (χ2v) is 8.52. The van der Waals surface area contributed by atoms with Crippen LogP contribution in [0.4, 0.5) is 0 Å². The largest absolute Gasteiger partial charge is 0.479 e. The molecule has 0 aliphatic carbocycles. The van der Waals surface area contributed by atoms with Crippen molar-refractivity contribution in [1.82, 2.24) is 20.5 Å². The van der Waals surface area contributed by atoms with Crippen LogP contribution in [0.25, 0.3) is 22.4 Å². The Morgan fingerprint density at radius 3 is 2.46 bits per heavy atom. The molecule has 0 saturated heterocycles. The lowest BCUT2D eigenvalue weighted by molar-refractivity contribution is -0.147. The molecule has 0 spiro atoms.